The number of urea groups is 1. The van der Waals surface area contributed by atoms with Crippen molar-refractivity contribution >= 4 is 17.6 Å². The zero-order valence-corrected chi connectivity index (χ0v) is 15.3. The molecular weight excluding hydrogens is 346 g/mol. The van der Waals surface area contributed by atoms with Crippen molar-refractivity contribution in [1.29, 1.82) is 0 Å². The van der Waals surface area contributed by atoms with E-state index in [2.05, 4.69) is 10.6 Å². The minimum absolute atomic E-state index is 0.103. The van der Waals surface area contributed by atoms with E-state index < -0.39 is 0 Å². The lowest BCUT2D eigenvalue weighted by atomic mass is 9.99. The van der Waals surface area contributed by atoms with Gasteiger partial charge in [-0.05, 0) is 41.8 Å². The molecule has 4 rings (SSSR count). The molecule has 0 unspecified atom stereocenters. The first-order valence-electron chi connectivity index (χ1n) is 8.80. The van der Waals surface area contributed by atoms with Crippen LogP contribution in [0.4, 0.5) is 10.5 Å². The van der Waals surface area contributed by atoms with E-state index in [1.54, 1.807) is 31.3 Å². The Bertz CT molecular complexity index is 926. The average Bonchev–Trinajstić information content (AvgIpc) is 3.08. The first kappa shape index (κ1) is 17.2. The van der Waals surface area contributed by atoms with Crippen LogP contribution in [0.15, 0.2) is 30.3 Å². The van der Waals surface area contributed by atoms with Gasteiger partial charge in [0.25, 0.3) is 5.91 Å². The van der Waals surface area contributed by atoms with E-state index in [-0.39, 0.29) is 11.9 Å². The van der Waals surface area contributed by atoms with E-state index in [9.17, 15) is 9.59 Å². The molecule has 0 atom stereocenters. The second kappa shape index (κ2) is 6.83. The molecule has 7 nitrogen and oxygen atoms in total. The van der Waals surface area contributed by atoms with Crippen molar-refractivity contribution in [1.82, 2.24) is 10.2 Å². The summed E-state index contributed by atoms with van der Waals surface area (Å²) < 4.78 is 10.7. The third-order valence-corrected chi connectivity index (χ3v) is 5.09. The third kappa shape index (κ3) is 3.05. The molecular formula is C20H21N3O4. The van der Waals surface area contributed by atoms with E-state index in [0.29, 0.717) is 42.4 Å². The molecule has 2 N–H and O–H groups in total. The second-order valence-corrected chi connectivity index (χ2v) is 6.59. The Balaban J connectivity index is 1.53. The number of methoxy groups -OCH3 is 2. The normalized spacial score (nSPS) is 14.9. The monoisotopic (exact) mass is 367 g/mol. The Morgan fingerprint density at radius 2 is 1.89 bits per heavy atom. The van der Waals surface area contributed by atoms with Crippen LogP contribution in [0.5, 0.6) is 11.5 Å². The van der Waals surface area contributed by atoms with Crippen molar-refractivity contribution in [3.05, 3.63) is 52.6 Å². The summed E-state index contributed by atoms with van der Waals surface area (Å²) in [6.45, 7) is 1.54. The van der Waals surface area contributed by atoms with Crippen molar-refractivity contribution in [2.24, 2.45) is 0 Å². The van der Waals surface area contributed by atoms with Crippen LogP contribution in [0.3, 0.4) is 0 Å². The Morgan fingerprint density at radius 3 is 2.63 bits per heavy atom. The van der Waals surface area contributed by atoms with Gasteiger partial charge in [-0.1, -0.05) is 6.07 Å². The van der Waals surface area contributed by atoms with Crippen LogP contribution in [-0.2, 0) is 19.5 Å². The van der Waals surface area contributed by atoms with Gasteiger partial charge >= 0.3 is 6.03 Å². The number of hydrogen-bond acceptors (Lipinski definition) is 4. The summed E-state index contributed by atoms with van der Waals surface area (Å²) in [6.07, 6.45) is 0.746. The molecule has 27 heavy (non-hydrogen) atoms. The summed E-state index contributed by atoms with van der Waals surface area (Å²) in [7, 11) is 3.22. The first-order chi connectivity index (χ1) is 13.1. The quantitative estimate of drug-likeness (QED) is 0.874. The molecule has 0 saturated heterocycles. The maximum atomic E-state index is 12.8. The highest BCUT2D eigenvalue weighted by Crippen LogP contribution is 2.33. The van der Waals surface area contributed by atoms with Gasteiger partial charge in [0.2, 0.25) is 0 Å². The molecule has 0 aliphatic carbocycles. The van der Waals surface area contributed by atoms with Crippen LogP contribution in [0.2, 0.25) is 0 Å². The summed E-state index contributed by atoms with van der Waals surface area (Å²) in [4.78, 5) is 26.4. The lowest BCUT2D eigenvalue weighted by Crippen LogP contribution is -2.39. The zero-order valence-electron chi connectivity index (χ0n) is 15.3. The van der Waals surface area contributed by atoms with Gasteiger partial charge in [0.15, 0.2) is 11.5 Å². The highest BCUT2D eigenvalue weighted by molar-refractivity contribution is 6.01. The largest absolute Gasteiger partial charge is 0.493 e. The number of carbonyl (C=O) groups excluding carboxylic acids is 2. The van der Waals surface area contributed by atoms with E-state index in [0.717, 1.165) is 23.1 Å². The predicted octanol–water partition coefficient (Wildman–Crippen LogP) is 2.54. The number of rotatable bonds is 3. The van der Waals surface area contributed by atoms with Gasteiger partial charge in [-0.25, -0.2) is 4.79 Å². The maximum absolute atomic E-state index is 12.8. The standard InChI is InChI=1S/C20H21N3O4/c1-26-17-8-12-6-7-23(11-13(12)9-18(17)27-2)20(25)22-16-5-3-4-14-15(16)10-21-19(14)24/h3-5,8-9H,6-7,10-11H2,1-2H3,(H,21,24)(H,22,25). The molecule has 2 aromatic carbocycles. The van der Waals surface area contributed by atoms with Gasteiger partial charge in [0.1, 0.15) is 0 Å². The number of amides is 3. The van der Waals surface area contributed by atoms with Gasteiger partial charge in [0.05, 0.1) is 14.2 Å². The third-order valence-electron chi connectivity index (χ3n) is 5.09. The summed E-state index contributed by atoms with van der Waals surface area (Å²) in [5.41, 5.74) is 4.33. The summed E-state index contributed by atoms with van der Waals surface area (Å²) in [5.74, 6) is 1.25. The van der Waals surface area contributed by atoms with Crippen LogP contribution < -0.4 is 20.1 Å². The lowest BCUT2D eigenvalue weighted by molar-refractivity contribution is 0.0965. The first-order valence-corrected chi connectivity index (χ1v) is 8.80. The van der Waals surface area contributed by atoms with Gasteiger partial charge in [0, 0.05) is 36.4 Å². The van der Waals surface area contributed by atoms with Crippen LogP contribution in [0, 0.1) is 0 Å². The average molecular weight is 367 g/mol. The highest BCUT2D eigenvalue weighted by atomic mass is 16.5. The maximum Gasteiger partial charge on any atom is 0.322 e. The fraction of sp³-hybridized carbons (Fsp3) is 0.300. The summed E-state index contributed by atoms with van der Waals surface area (Å²) >= 11 is 0. The molecule has 0 aromatic heterocycles. The van der Waals surface area contributed by atoms with Crippen molar-refractivity contribution < 1.29 is 19.1 Å². The minimum Gasteiger partial charge on any atom is -0.493 e. The number of fused-ring (bicyclic) bond motifs is 2. The highest BCUT2D eigenvalue weighted by Gasteiger charge is 2.26. The Morgan fingerprint density at radius 1 is 1.15 bits per heavy atom. The molecule has 2 heterocycles. The van der Waals surface area contributed by atoms with E-state index in [4.69, 9.17) is 9.47 Å². The Labute approximate surface area is 157 Å². The van der Waals surface area contributed by atoms with Crippen molar-refractivity contribution in [2.45, 2.75) is 19.5 Å². The second-order valence-electron chi connectivity index (χ2n) is 6.59. The van der Waals surface area contributed by atoms with E-state index in [1.165, 1.54) is 0 Å². The molecule has 7 heteroatoms. The number of ether oxygens (including phenoxy) is 2. The number of nitrogens with one attached hydrogen (secondary N) is 2. The number of nitrogens with zero attached hydrogens (tertiary/aromatic N) is 1. The zero-order chi connectivity index (χ0) is 19.0. The smallest absolute Gasteiger partial charge is 0.322 e. The van der Waals surface area contributed by atoms with Crippen LogP contribution >= 0.6 is 0 Å². The molecule has 3 amide bonds. The van der Waals surface area contributed by atoms with E-state index in [1.807, 2.05) is 18.2 Å². The molecule has 2 aromatic rings. The van der Waals surface area contributed by atoms with Crippen molar-refractivity contribution in [3.63, 3.8) is 0 Å². The fourth-order valence-corrected chi connectivity index (χ4v) is 3.62. The molecule has 0 radical (unpaired) electrons. The fourth-order valence-electron chi connectivity index (χ4n) is 3.62. The van der Waals surface area contributed by atoms with Gasteiger partial charge in [-0.3, -0.25) is 4.79 Å². The van der Waals surface area contributed by atoms with Gasteiger partial charge < -0.3 is 25.0 Å². The number of anilines is 1. The Hall–Kier alpha value is -3.22. The van der Waals surface area contributed by atoms with Crippen LogP contribution in [0.1, 0.15) is 27.0 Å². The molecule has 0 fully saturated rings. The van der Waals surface area contributed by atoms with Crippen LogP contribution in [-0.4, -0.2) is 37.6 Å². The number of hydrogen-bond donors (Lipinski definition) is 2. The topological polar surface area (TPSA) is 79.9 Å². The SMILES string of the molecule is COc1cc2c(cc1OC)CN(C(=O)Nc1cccc3c1CNC3=O)CC2. The number of carbonyl (C=O) groups is 2. The molecule has 0 spiro atoms. The van der Waals surface area contributed by atoms with Crippen LogP contribution in [0.25, 0.3) is 0 Å². The van der Waals surface area contributed by atoms with Crippen molar-refractivity contribution in [2.75, 3.05) is 26.1 Å². The summed E-state index contributed by atoms with van der Waals surface area (Å²) in [6, 6.07) is 9.10. The lowest BCUT2D eigenvalue weighted by Gasteiger charge is -2.30. The van der Waals surface area contributed by atoms with Crippen molar-refractivity contribution in [3.8, 4) is 11.5 Å². The minimum atomic E-state index is -0.178. The molecule has 0 saturated carbocycles. The molecule has 0 bridgehead atoms. The summed E-state index contributed by atoms with van der Waals surface area (Å²) in [5, 5.41) is 5.74. The molecule has 2 aliphatic heterocycles. The van der Waals surface area contributed by atoms with E-state index >= 15 is 0 Å². The Kier molecular flexibility index (Phi) is 4.35. The predicted molar refractivity (Wildman–Crippen MR) is 100 cm³/mol. The number of benzene rings is 2. The van der Waals surface area contributed by atoms with Gasteiger partial charge in [-0.2, -0.15) is 0 Å². The molecule has 140 valence electrons. The van der Waals surface area contributed by atoms with Gasteiger partial charge in [-0.15, -0.1) is 0 Å². The molecule has 2 aliphatic rings.